The van der Waals surface area contributed by atoms with Gasteiger partial charge in [0.15, 0.2) is 17.3 Å². The summed E-state index contributed by atoms with van der Waals surface area (Å²) in [4.78, 5) is 25.6. The summed E-state index contributed by atoms with van der Waals surface area (Å²) in [6, 6.07) is 9.39. The second-order valence-electron chi connectivity index (χ2n) is 9.93. The van der Waals surface area contributed by atoms with Crippen molar-refractivity contribution < 1.29 is 23.5 Å². The Hall–Kier alpha value is -2.69. The van der Waals surface area contributed by atoms with Gasteiger partial charge in [-0.2, -0.15) is 0 Å². The normalized spacial score (nSPS) is 15.0. The predicted octanol–water partition coefficient (Wildman–Crippen LogP) is 8.27. The molecule has 3 rings (SSSR count). The van der Waals surface area contributed by atoms with Gasteiger partial charge in [-0.05, 0) is 61.9 Å². The summed E-state index contributed by atoms with van der Waals surface area (Å²) in [6.45, 7) is 6.71. The Balaban J connectivity index is 1.63. The Bertz CT molecular complexity index is 1010. The molecule has 2 aromatic rings. The molecule has 0 aromatic heterocycles. The number of carbonyl (C=O) groups is 2. The number of ether oxygens (including phenoxy) is 2. The van der Waals surface area contributed by atoms with Crippen molar-refractivity contribution in [2.24, 2.45) is 0 Å². The lowest BCUT2D eigenvalue weighted by atomic mass is 9.78. The number of esters is 1. The van der Waals surface area contributed by atoms with Gasteiger partial charge in [-0.15, -0.1) is 0 Å². The molecule has 1 atom stereocenters. The second kappa shape index (κ2) is 14.2. The molecule has 0 bridgehead atoms. The third kappa shape index (κ3) is 7.41. The Morgan fingerprint density at radius 2 is 1.64 bits per heavy atom. The van der Waals surface area contributed by atoms with Gasteiger partial charge in [-0.1, -0.05) is 70.9 Å². The average Bonchev–Trinajstić information content (AvgIpc) is 2.87. The molecule has 1 aliphatic carbocycles. The number of fused-ring (bicyclic) bond motifs is 1. The van der Waals surface area contributed by atoms with Crippen LogP contribution >= 0.6 is 0 Å². The van der Waals surface area contributed by atoms with Gasteiger partial charge in [0.2, 0.25) is 0 Å². The molecular weight excluding hydrogens is 455 g/mol. The lowest BCUT2D eigenvalue weighted by Gasteiger charge is -2.25. The summed E-state index contributed by atoms with van der Waals surface area (Å²) in [6.07, 6.45) is 10.9. The minimum absolute atomic E-state index is 0.0287. The van der Waals surface area contributed by atoms with Crippen molar-refractivity contribution in [3.63, 3.8) is 0 Å². The van der Waals surface area contributed by atoms with Crippen LogP contribution in [0, 0.1) is 12.7 Å². The van der Waals surface area contributed by atoms with Crippen molar-refractivity contribution in [2.75, 3.05) is 6.61 Å². The fraction of sp³-hybridized carbons (Fsp3) is 0.548. The van der Waals surface area contributed by atoms with E-state index in [4.69, 9.17) is 9.47 Å². The number of benzene rings is 2. The SMILES string of the molecule is CCCCCCCC(=O)Oc1c(C)cc2c(c1F)CCC(c1ccc(OCCCCCC)cc1)C2=O. The highest BCUT2D eigenvalue weighted by Crippen LogP contribution is 2.38. The molecule has 0 saturated carbocycles. The average molecular weight is 497 g/mol. The van der Waals surface area contributed by atoms with E-state index in [0.29, 0.717) is 36.1 Å². The van der Waals surface area contributed by atoms with E-state index in [1.165, 1.54) is 19.3 Å². The first kappa shape index (κ1) is 27.9. The number of aryl methyl sites for hydroxylation is 1. The lowest BCUT2D eigenvalue weighted by molar-refractivity contribution is -0.134. The monoisotopic (exact) mass is 496 g/mol. The van der Waals surface area contributed by atoms with Gasteiger partial charge in [0.25, 0.3) is 0 Å². The van der Waals surface area contributed by atoms with Crippen molar-refractivity contribution in [2.45, 2.75) is 104 Å². The molecule has 0 N–H and O–H groups in total. The first-order valence-electron chi connectivity index (χ1n) is 13.8. The zero-order chi connectivity index (χ0) is 25.9. The topological polar surface area (TPSA) is 52.6 Å². The van der Waals surface area contributed by atoms with Gasteiger partial charge < -0.3 is 9.47 Å². The number of hydrogen-bond donors (Lipinski definition) is 0. The van der Waals surface area contributed by atoms with E-state index in [2.05, 4.69) is 13.8 Å². The maximum absolute atomic E-state index is 15.4. The van der Waals surface area contributed by atoms with E-state index in [-0.39, 0.29) is 23.9 Å². The molecule has 0 fully saturated rings. The maximum atomic E-state index is 15.4. The van der Waals surface area contributed by atoms with Gasteiger partial charge >= 0.3 is 5.97 Å². The Morgan fingerprint density at radius 1 is 0.972 bits per heavy atom. The molecule has 196 valence electrons. The molecule has 36 heavy (non-hydrogen) atoms. The van der Waals surface area contributed by atoms with Gasteiger partial charge in [-0.25, -0.2) is 4.39 Å². The summed E-state index contributed by atoms with van der Waals surface area (Å²) in [5.41, 5.74) is 2.16. The van der Waals surface area contributed by atoms with Gasteiger partial charge in [0.05, 0.1) is 6.61 Å². The van der Waals surface area contributed by atoms with Crippen LogP contribution in [-0.4, -0.2) is 18.4 Å². The van der Waals surface area contributed by atoms with E-state index in [1.807, 2.05) is 24.3 Å². The summed E-state index contributed by atoms with van der Waals surface area (Å²) in [5.74, 6) is -0.604. The van der Waals surface area contributed by atoms with E-state index in [9.17, 15) is 9.59 Å². The number of hydrogen-bond acceptors (Lipinski definition) is 4. The lowest BCUT2D eigenvalue weighted by Crippen LogP contribution is -2.23. The minimum Gasteiger partial charge on any atom is -0.494 e. The number of Topliss-reactive ketones (excluding diaryl/α,β-unsaturated/α-hetero) is 1. The zero-order valence-electron chi connectivity index (χ0n) is 22.2. The Kier molecular flexibility index (Phi) is 11.0. The fourth-order valence-electron chi connectivity index (χ4n) is 4.87. The molecule has 0 aliphatic heterocycles. The van der Waals surface area contributed by atoms with Crippen molar-refractivity contribution in [1.82, 2.24) is 0 Å². The summed E-state index contributed by atoms with van der Waals surface area (Å²) in [5, 5.41) is 0. The largest absolute Gasteiger partial charge is 0.494 e. The summed E-state index contributed by atoms with van der Waals surface area (Å²) >= 11 is 0. The van der Waals surface area contributed by atoms with Crippen LogP contribution < -0.4 is 9.47 Å². The Morgan fingerprint density at radius 3 is 2.33 bits per heavy atom. The summed E-state index contributed by atoms with van der Waals surface area (Å²) < 4.78 is 26.6. The maximum Gasteiger partial charge on any atom is 0.311 e. The van der Waals surface area contributed by atoms with Crippen molar-refractivity contribution in [3.05, 3.63) is 58.4 Å². The molecule has 5 heteroatoms. The molecule has 1 unspecified atom stereocenters. The van der Waals surface area contributed by atoms with Crippen molar-refractivity contribution in [1.29, 1.82) is 0 Å². The van der Waals surface area contributed by atoms with Gasteiger partial charge in [0.1, 0.15) is 5.75 Å². The Labute approximate surface area is 215 Å². The standard InChI is InChI=1S/C31H41FO4/c1-4-6-8-10-11-13-28(33)36-31-22(3)21-27-26(29(31)32)19-18-25(30(27)34)23-14-16-24(17-15-23)35-20-12-9-7-5-2/h14-17,21,25H,4-13,18-20H2,1-3H3. The van der Waals surface area contributed by atoms with Crippen molar-refractivity contribution >= 4 is 11.8 Å². The first-order valence-corrected chi connectivity index (χ1v) is 13.8. The molecule has 0 amide bonds. The van der Waals surface area contributed by atoms with Crippen LogP contribution in [0.4, 0.5) is 4.39 Å². The molecule has 2 aromatic carbocycles. The highest BCUT2D eigenvalue weighted by molar-refractivity contribution is 6.03. The molecule has 0 saturated heterocycles. The third-order valence-corrected chi connectivity index (χ3v) is 7.02. The number of ketones is 1. The smallest absolute Gasteiger partial charge is 0.311 e. The van der Waals surface area contributed by atoms with Crippen LogP contribution in [-0.2, 0) is 11.2 Å². The van der Waals surface area contributed by atoms with Gasteiger partial charge in [0, 0.05) is 23.5 Å². The fourth-order valence-corrected chi connectivity index (χ4v) is 4.87. The van der Waals surface area contributed by atoms with Crippen LogP contribution in [0.3, 0.4) is 0 Å². The second-order valence-corrected chi connectivity index (χ2v) is 9.93. The number of unbranched alkanes of at least 4 members (excludes halogenated alkanes) is 7. The number of halogens is 1. The third-order valence-electron chi connectivity index (χ3n) is 7.02. The highest BCUT2D eigenvalue weighted by Gasteiger charge is 2.33. The zero-order valence-corrected chi connectivity index (χ0v) is 22.2. The van der Waals surface area contributed by atoms with Crippen molar-refractivity contribution in [3.8, 4) is 11.5 Å². The molecule has 0 spiro atoms. The minimum atomic E-state index is -0.567. The van der Waals surface area contributed by atoms with Crippen LogP contribution in [0.15, 0.2) is 30.3 Å². The molecule has 4 nitrogen and oxygen atoms in total. The molecule has 1 aliphatic rings. The first-order chi connectivity index (χ1) is 17.5. The molecule has 0 heterocycles. The summed E-state index contributed by atoms with van der Waals surface area (Å²) in [7, 11) is 0. The van der Waals surface area contributed by atoms with Crippen LogP contribution in [0.1, 0.15) is 117 Å². The number of rotatable bonds is 14. The van der Waals surface area contributed by atoms with E-state index in [1.54, 1.807) is 13.0 Å². The van der Waals surface area contributed by atoms with E-state index >= 15 is 4.39 Å². The predicted molar refractivity (Wildman–Crippen MR) is 142 cm³/mol. The number of carbonyl (C=O) groups excluding carboxylic acids is 2. The van der Waals surface area contributed by atoms with Gasteiger partial charge in [-0.3, -0.25) is 9.59 Å². The van der Waals surface area contributed by atoms with Crippen LogP contribution in [0.2, 0.25) is 0 Å². The quantitative estimate of drug-likeness (QED) is 0.150. The van der Waals surface area contributed by atoms with Crippen LogP contribution in [0.5, 0.6) is 11.5 Å². The highest BCUT2D eigenvalue weighted by atomic mass is 19.1. The van der Waals surface area contributed by atoms with Crippen LogP contribution in [0.25, 0.3) is 0 Å². The molecular formula is C31H41FO4. The van der Waals surface area contributed by atoms with E-state index < -0.39 is 11.8 Å². The molecule has 0 radical (unpaired) electrons. The van der Waals surface area contributed by atoms with E-state index in [0.717, 1.165) is 49.8 Å².